The van der Waals surface area contributed by atoms with E-state index in [0.29, 0.717) is 11.1 Å². The van der Waals surface area contributed by atoms with Gasteiger partial charge >= 0.3 is 0 Å². The monoisotopic (exact) mass is 345 g/mol. The van der Waals surface area contributed by atoms with Gasteiger partial charge in [-0.3, -0.25) is 9.69 Å². The van der Waals surface area contributed by atoms with Crippen molar-refractivity contribution in [1.29, 1.82) is 5.26 Å². The number of Topliss-reactive ketones (excluding diaryl/α,β-unsaturated/α-hetero) is 1. The van der Waals surface area contributed by atoms with Crippen molar-refractivity contribution >= 4 is 17.5 Å². The van der Waals surface area contributed by atoms with Crippen molar-refractivity contribution in [3.05, 3.63) is 71.3 Å². The summed E-state index contributed by atoms with van der Waals surface area (Å²) < 4.78 is 0. The van der Waals surface area contributed by atoms with Gasteiger partial charge in [0, 0.05) is 38.3 Å². The van der Waals surface area contributed by atoms with Crippen LogP contribution in [0, 0.1) is 11.3 Å². The molecule has 0 aliphatic carbocycles. The van der Waals surface area contributed by atoms with Gasteiger partial charge < -0.3 is 4.90 Å². The van der Waals surface area contributed by atoms with E-state index in [0.717, 1.165) is 38.4 Å². The number of nitriles is 1. The van der Waals surface area contributed by atoms with E-state index in [1.54, 1.807) is 19.1 Å². The van der Waals surface area contributed by atoms with Gasteiger partial charge in [-0.25, -0.2) is 0 Å². The number of nitrogens with zero attached hydrogens (tertiary/aromatic N) is 3. The lowest BCUT2D eigenvalue weighted by atomic mass is 10.1. The van der Waals surface area contributed by atoms with Crippen molar-refractivity contribution < 1.29 is 4.79 Å². The third kappa shape index (κ3) is 4.38. The Hall–Kier alpha value is -2.90. The number of piperazine rings is 1. The minimum Gasteiger partial charge on any atom is -0.368 e. The first-order valence-electron chi connectivity index (χ1n) is 8.91. The molecule has 2 aromatic carbocycles. The maximum absolute atomic E-state index is 11.7. The van der Waals surface area contributed by atoms with Crippen molar-refractivity contribution in [2.45, 2.75) is 6.92 Å². The predicted molar refractivity (Wildman–Crippen MR) is 105 cm³/mol. The second-order valence-electron chi connectivity index (χ2n) is 6.50. The van der Waals surface area contributed by atoms with Gasteiger partial charge in [0.15, 0.2) is 5.78 Å². The fourth-order valence-electron chi connectivity index (χ4n) is 3.18. The lowest BCUT2D eigenvalue weighted by molar-refractivity contribution is 0.101. The summed E-state index contributed by atoms with van der Waals surface area (Å²) in [5.41, 5.74) is 3.38. The second kappa shape index (κ2) is 8.46. The highest BCUT2D eigenvalue weighted by Crippen LogP contribution is 2.23. The third-order valence-corrected chi connectivity index (χ3v) is 4.71. The number of hydrogen-bond acceptors (Lipinski definition) is 4. The molecule has 3 rings (SSSR count). The molecule has 1 saturated heterocycles. The van der Waals surface area contributed by atoms with Crippen LogP contribution in [-0.2, 0) is 0 Å². The normalized spacial score (nSPS) is 15.2. The average molecular weight is 345 g/mol. The van der Waals surface area contributed by atoms with Crippen LogP contribution in [0.4, 0.5) is 5.69 Å². The highest BCUT2D eigenvalue weighted by molar-refractivity contribution is 5.95. The Bertz CT molecular complexity index is 828. The van der Waals surface area contributed by atoms with Crippen LogP contribution >= 0.6 is 0 Å². The zero-order valence-electron chi connectivity index (χ0n) is 15.1. The molecule has 4 nitrogen and oxygen atoms in total. The van der Waals surface area contributed by atoms with Gasteiger partial charge in [0.1, 0.15) is 6.07 Å². The number of anilines is 1. The van der Waals surface area contributed by atoms with Crippen LogP contribution in [0.15, 0.2) is 54.6 Å². The van der Waals surface area contributed by atoms with Crippen LogP contribution < -0.4 is 4.90 Å². The van der Waals surface area contributed by atoms with Gasteiger partial charge in [0.25, 0.3) is 0 Å². The first kappa shape index (κ1) is 17.9. The van der Waals surface area contributed by atoms with E-state index in [2.05, 4.69) is 40.2 Å². The molecule has 0 unspecified atom stereocenters. The van der Waals surface area contributed by atoms with Crippen LogP contribution in [0.1, 0.15) is 28.4 Å². The summed E-state index contributed by atoms with van der Waals surface area (Å²) in [5, 5.41) is 9.37. The molecule has 0 spiro atoms. The smallest absolute Gasteiger partial charge is 0.159 e. The standard InChI is InChI=1S/C22H23N3O/c1-18(26)20-9-10-21(17-23)22(16-20)25-14-12-24(13-15-25)11-5-8-19-6-3-2-4-7-19/h2-10,16H,11-15H2,1H3/b8-5+. The molecule has 0 aromatic heterocycles. The third-order valence-electron chi connectivity index (χ3n) is 4.71. The van der Waals surface area contributed by atoms with Crippen molar-refractivity contribution in [2.75, 3.05) is 37.6 Å². The largest absolute Gasteiger partial charge is 0.368 e. The Labute approximate surface area is 155 Å². The first-order valence-corrected chi connectivity index (χ1v) is 8.91. The highest BCUT2D eigenvalue weighted by Gasteiger charge is 2.19. The van der Waals surface area contributed by atoms with E-state index in [-0.39, 0.29) is 5.78 Å². The Morgan fingerprint density at radius 3 is 2.50 bits per heavy atom. The maximum atomic E-state index is 11.7. The van der Waals surface area contributed by atoms with Crippen LogP contribution in [0.25, 0.3) is 6.08 Å². The molecule has 0 bridgehead atoms. The van der Waals surface area contributed by atoms with Crippen LogP contribution in [0.5, 0.6) is 0 Å². The predicted octanol–water partition coefficient (Wildman–Crippen LogP) is 3.60. The number of rotatable bonds is 5. The zero-order valence-corrected chi connectivity index (χ0v) is 15.1. The summed E-state index contributed by atoms with van der Waals surface area (Å²) >= 11 is 0. The number of hydrogen-bond donors (Lipinski definition) is 0. The van der Waals surface area contributed by atoms with Gasteiger partial charge in [0.05, 0.1) is 11.3 Å². The van der Waals surface area contributed by atoms with E-state index >= 15 is 0 Å². The first-order chi connectivity index (χ1) is 12.7. The number of benzene rings is 2. The minimum atomic E-state index is 0.0282. The molecular formula is C22H23N3O. The molecule has 0 amide bonds. The van der Waals surface area contributed by atoms with E-state index in [4.69, 9.17) is 0 Å². The SMILES string of the molecule is CC(=O)c1ccc(C#N)c(N2CCN(C/C=C/c3ccccc3)CC2)c1. The number of carbonyl (C=O) groups is 1. The second-order valence-corrected chi connectivity index (χ2v) is 6.50. The van der Waals surface area contributed by atoms with Gasteiger partial charge in [-0.1, -0.05) is 42.5 Å². The summed E-state index contributed by atoms with van der Waals surface area (Å²) in [7, 11) is 0. The summed E-state index contributed by atoms with van der Waals surface area (Å²) in [6, 6.07) is 17.9. The molecule has 26 heavy (non-hydrogen) atoms. The van der Waals surface area contributed by atoms with Crippen LogP contribution in [0.2, 0.25) is 0 Å². The van der Waals surface area contributed by atoms with E-state index < -0.39 is 0 Å². The average Bonchev–Trinajstić information content (AvgIpc) is 2.69. The molecule has 2 aromatic rings. The van der Waals surface area contributed by atoms with Crippen LogP contribution in [0.3, 0.4) is 0 Å². The Morgan fingerprint density at radius 1 is 1.12 bits per heavy atom. The molecule has 1 fully saturated rings. The zero-order chi connectivity index (χ0) is 18.4. The Balaban J connectivity index is 1.60. The molecule has 0 atom stereocenters. The summed E-state index contributed by atoms with van der Waals surface area (Å²) in [6.07, 6.45) is 4.35. The molecule has 0 N–H and O–H groups in total. The molecular weight excluding hydrogens is 322 g/mol. The fourth-order valence-corrected chi connectivity index (χ4v) is 3.18. The number of carbonyl (C=O) groups excluding carboxylic acids is 1. The maximum Gasteiger partial charge on any atom is 0.159 e. The molecule has 4 heteroatoms. The fraction of sp³-hybridized carbons (Fsp3) is 0.273. The van der Waals surface area contributed by atoms with Crippen molar-refractivity contribution in [1.82, 2.24) is 4.90 Å². The van der Waals surface area contributed by atoms with Crippen molar-refractivity contribution in [2.24, 2.45) is 0 Å². The Kier molecular flexibility index (Phi) is 5.83. The van der Waals surface area contributed by atoms with Gasteiger partial charge in [-0.2, -0.15) is 5.26 Å². The van der Waals surface area contributed by atoms with Gasteiger partial charge in [0.2, 0.25) is 0 Å². The van der Waals surface area contributed by atoms with E-state index in [1.165, 1.54) is 5.56 Å². The molecule has 0 radical (unpaired) electrons. The summed E-state index contributed by atoms with van der Waals surface area (Å²) in [4.78, 5) is 16.3. The summed E-state index contributed by atoms with van der Waals surface area (Å²) in [6.45, 7) is 6.07. The number of ketones is 1. The van der Waals surface area contributed by atoms with E-state index in [1.807, 2.05) is 24.3 Å². The summed E-state index contributed by atoms with van der Waals surface area (Å²) in [5.74, 6) is 0.0282. The Morgan fingerprint density at radius 2 is 1.85 bits per heavy atom. The lowest BCUT2D eigenvalue weighted by Gasteiger charge is -2.36. The quantitative estimate of drug-likeness (QED) is 0.777. The van der Waals surface area contributed by atoms with Crippen molar-refractivity contribution in [3.63, 3.8) is 0 Å². The topological polar surface area (TPSA) is 47.3 Å². The van der Waals surface area contributed by atoms with Crippen LogP contribution in [-0.4, -0.2) is 43.4 Å². The molecule has 0 saturated carbocycles. The molecule has 1 heterocycles. The molecule has 132 valence electrons. The van der Waals surface area contributed by atoms with E-state index in [9.17, 15) is 10.1 Å². The lowest BCUT2D eigenvalue weighted by Crippen LogP contribution is -2.46. The van der Waals surface area contributed by atoms with Gasteiger partial charge in [-0.05, 0) is 30.7 Å². The van der Waals surface area contributed by atoms with Crippen molar-refractivity contribution in [3.8, 4) is 6.07 Å². The molecule has 1 aliphatic heterocycles. The highest BCUT2D eigenvalue weighted by atomic mass is 16.1. The minimum absolute atomic E-state index is 0.0282. The molecule has 1 aliphatic rings. The van der Waals surface area contributed by atoms with Gasteiger partial charge in [-0.15, -0.1) is 0 Å².